The van der Waals surface area contributed by atoms with E-state index in [1.807, 2.05) is 44.2 Å². The van der Waals surface area contributed by atoms with Crippen LogP contribution in [0.2, 0.25) is 0 Å². The standard InChI is InChI=1S/C22H27N3O3/c1-16(2)20(24-21(26)17-6-4-3-5-7-17)22(27)23-18-8-10-19(11-9-18)25-12-14-28-15-13-25/h3-11,16,20H,12-15H2,1-2H3,(H,23,27)(H,24,26). The maximum Gasteiger partial charge on any atom is 0.251 e. The summed E-state index contributed by atoms with van der Waals surface area (Å²) in [6.07, 6.45) is 0. The molecular formula is C22H27N3O3. The number of morpholine rings is 1. The number of amides is 2. The SMILES string of the molecule is CC(C)C(NC(=O)c1ccccc1)C(=O)Nc1ccc(N2CCOCC2)cc1. The van der Waals surface area contributed by atoms with Crippen LogP contribution >= 0.6 is 0 Å². The van der Waals surface area contributed by atoms with Crippen molar-refractivity contribution in [2.24, 2.45) is 5.92 Å². The predicted octanol–water partition coefficient (Wildman–Crippen LogP) is 2.92. The van der Waals surface area contributed by atoms with Crippen LogP contribution in [0.3, 0.4) is 0 Å². The Kier molecular flexibility index (Phi) is 6.66. The van der Waals surface area contributed by atoms with Gasteiger partial charge in [-0.1, -0.05) is 32.0 Å². The molecule has 0 spiro atoms. The average Bonchev–Trinajstić information content (AvgIpc) is 2.73. The van der Waals surface area contributed by atoms with E-state index >= 15 is 0 Å². The van der Waals surface area contributed by atoms with Crippen molar-refractivity contribution < 1.29 is 14.3 Å². The van der Waals surface area contributed by atoms with Crippen LogP contribution in [-0.4, -0.2) is 44.2 Å². The number of hydrogen-bond donors (Lipinski definition) is 2. The van der Waals surface area contributed by atoms with Gasteiger partial charge in [0.05, 0.1) is 13.2 Å². The van der Waals surface area contributed by atoms with Gasteiger partial charge in [-0.05, 0) is 42.3 Å². The zero-order chi connectivity index (χ0) is 19.9. The minimum absolute atomic E-state index is 0.0414. The van der Waals surface area contributed by atoms with Crippen molar-refractivity contribution in [1.82, 2.24) is 5.32 Å². The van der Waals surface area contributed by atoms with E-state index in [4.69, 9.17) is 4.74 Å². The lowest BCUT2D eigenvalue weighted by Crippen LogP contribution is -2.47. The van der Waals surface area contributed by atoms with Crippen molar-refractivity contribution in [3.63, 3.8) is 0 Å². The van der Waals surface area contributed by atoms with E-state index in [1.54, 1.807) is 24.3 Å². The van der Waals surface area contributed by atoms with E-state index in [0.717, 1.165) is 32.0 Å². The van der Waals surface area contributed by atoms with Crippen molar-refractivity contribution in [3.05, 3.63) is 60.2 Å². The Balaban J connectivity index is 1.62. The molecule has 28 heavy (non-hydrogen) atoms. The molecule has 2 aromatic carbocycles. The molecule has 1 fully saturated rings. The molecule has 1 aliphatic heterocycles. The van der Waals surface area contributed by atoms with Gasteiger partial charge in [-0.25, -0.2) is 0 Å². The van der Waals surface area contributed by atoms with E-state index < -0.39 is 6.04 Å². The Bertz CT molecular complexity index is 784. The number of carbonyl (C=O) groups excluding carboxylic acids is 2. The first-order chi connectivity index (χ1) is 13.5. The molecule has 0 saturated carbocycles. The third kappa shape index (κ3) is 5.10. The van der Waals surface area contributed by atoms with Gasteiger partial charge in [0.25, 0.3) is 5.91 Å². The third-order valence-electron chi connectivity index (χ3n) is 4.78. The molecule has 2 aromatic rings. The van der Waals surface area contributed by atoms with Crippen molar-refractivity contribution in [2.75, 3.05) is 36.5 Å². The zero-order valence-electron chi connectivity index (χ0n) is 16.4. The molecule has 6 nitrogen and oxygen atoms in total. The molecule has 0 radical (unpaired) electrons. The Hall–Kier alpha value is -2.86. The van der Waals surface area contributed by atoms with Crippen molar-refractivity contribution in [1.29, 1.82) is 0 Å². The molecule has 2 amide bonds. The van der Waals surface area contributed by atoms with Gasteiger partial charge in [-0.15, -0.1) is 0 Å². The lowest BCUT2D eigenvalue weighted by molar-refractivity contribution is -0.118. The molecule has 1 heterocycles. The normalized spacial score (nSPS) is 15.2. The van der Waals surface area contributed by atoms with E-state index in [2.05, 4.69) is 15.5 Å². The van der Waals surface area contributed by atoms with E-state index in [9.17, 15) is 9.59 Å². The summed E-state index contributed by atoms with van der Waals surface area (Å²) in [7, 11) is 0. The molecule has 148 valence electrons. The number of hydrogen-bond acceptors (Lipinski definition) is 4. The van der Waals surface area contributed by atoms with Gasteiger partial charge in [-0.3, -0.25) is 9.59 Å². The van der Waals surface area contributed by atoms with Crippen LogP contribution in [0, 0.1) is 5.92 Å². The summed E-state index contributed by atoms with van der Waals surface area (Å²) in [6, 6.07) is 16.1. The highest BCUT2D eigenvalue weighted by molar-refractivity contribution is 6.01. The Morgan fingerprint density at radius 3 is 2.21 bits per heavy atom. The molecule has 1 saturated heterocycles. The zero-order valence-corrected chi connectivity index (χ0v) is 16.4. The highest BCUT2D eigenvalue weighted by atomic mass is 16.5. The van der Waals surface area contributed by atoms with Crippen LogP contribution in [0.5, 0.6) is 0 Å². The molecule has 3 rings (SSSR count). The second-order valence-corrected chi connectivity index (χ2v) is 7.20. The van der Waals surface area contributed by atoms with Crippen molar-refractivity contribution in [2.45, 2.75) is 19.9 Å². The largest absolute Gasteiger partial charge is 0.378 e. The van der Waals surface area contributed by atoms with Gasteiger partial charge in [0, 0.05) is 30.0 Å². The van der Waals surface area contributed by atoms with E-state index in [-0.39, 0.29) is 17.7 Å². The van der Waals surface area contributed by atoms with E-state index in [1.165, 1.54) is 0 Å². The number of anilines is 2. The first kappa shape index (κ1) is 19.9. The third-order valence-corrected chi connectivity index (χ3v) is 4.78. The van der Waals surface area contributed by atoms with Crippen LogP contribution in [0.25, 0.3) is 0 Å². The van der Waals surface area contributed by atoms with Gasteiger partial charge in [-0.2, -0.15) is 0 Å². The lowest BCUT2D eigenvalue weighted by Gasteiger charge is -2.29. The maximum atomic E-state index is 12.8. The average molecular weight is 381 g/mol. The molecular weight excluding hydrogens is 354 g/mol. The minimum atomic E-state index is -0.619. The molecule has 1 atom stereocenters. The predicted molar refractivity (Wildman–Crippen MR) is 111 cm³/mol. The lowest BCUT2D eigenvalue weighted by atomic mass is 10.0. The minimum Gasteiger partial charge on any atom is -0.378 e. The fourth-order valence-electron chi connectivity index (χ4n) is 3.15. The Morgan fingerprint density at radius 1 is 0.964 bits per heavy atom. The quantitative estimate of drug-likeness (QED) is 0.807. The number of nitrogens with zero attached hydrogens (tertiary/aromatic N) is 1. The molecule has 0 aliphatic carbocycles. The number of carbonyl (C=O) groups is 2. The first-order valence-electron chi connectivity index (χ1n) is 9.64. The molecule has 1 unspecified atom stereocenters. The van der Waals surface area contributed by atoms with Gasteiger partial charge < -0.3 is 20.3 Å². The first-order valence-corrected chi connectivity index (χ1v) is 9.64. The fraction of sp³-hybridized carbons (Fsp3) is 0.364. The second kappa shape index (κ2) is 9.37. The van der Waals surface area contributed by atoms with Gasteiger partial charge in [0.1, 0.15) is 6.04 Å². The maximum absolute atomic E-state index is 12.8. The topological polar surface area (TPSA) is 70.7 Å². The Labute approximate surface area is 165 Å². The summed E-state index contributed by atoms with van der Waals surface area (Å²) >= 11 is 0. The number of nitrogens with one attached hydrogen (secondary N) is 2. The van der Waals surface area contributed by atoms with Gasteiger partial charge in [0.2, 0.25) is 5.91 Å². The fourth-order valence-corrected chi connectivity index (χ4v) is 3.15. The second-order valence-electron chi connectivity index (χ2n) is 7.20. The summed E-state index contributed by atoms with van der Waals surface area (Å²) in [6.45, 7) is 7.03. The summed E-state index contributed by atoms with van der Waals surface area (Å²) in [5.74, 6) is -0.518. The van der Waals surface area contributed by atoms with Crippen LogP contribution in [-0.2, 0) is 9.53 Å². The molecule has 1 aliphatic rings. The number of ether oxygens (including phenoxy) is 1. The molecule has 0 bridgehead atoms. The highest BCUT2D eigenvalue weighted by Gasteiger charge is 2.24. The smallest absolute Gasteiger partial charge is 0.251 e. The number of rotatable bonds is 6. The van der Waals surface area contributed by atoms with Gasteiger partial charge >= 0.3 is 0 Å². The summed E-state index contributed by atoms with van der Waals surface area (Å²) in [5, 5.41) is 5.76. The molecule has 0 aromatic heterocycles. The van der Waals surface area contributed by atoms with Crippen LogP contribution in [0.15, 0.2) is 54.6 Å². The van der Waals surface area contributed by atoms with Crippen molar-refractivity contribution in [3.8, 4) is 0 Å². The summed E-state index contributed by atoms with van der Waals surface area (Å²) in [5.41, 5.74) is 2.36. The molecule has 2 N–H and O–H groups in total. The van der Waals surface area contributed by atoms with Crippen LogP contribution in [0.4, 0.5) is 11.4 Å². The number of benzene rings is 2. The molecule has 6 heteroatoms. The summed E-state index contributed by atoms with van der Waals surface area (Å²) in [4.78, 5) is 27.4. The van der Waals surface area contributed by atoms with Gasteiger partial charge in [0.15, 0.2) is 0 Å². The van der Waals surface area contributed by atoms with Crippen molar-refractivity contribution >= 4 is 23.2 Å². The summed E-state index contributed by atoms with van der Waals surface area (Å²) < 4.78 is 5.38. The highest BCUT2D eigenvalue weighted by Crippen LogP contribution is 2.19. The van der Waals surface area contributed by atoms with E-state index in [0.29, 0.717) is 11.3 Å². The monoisotopic (exact) mass is 381 g/mol. The van der Waals surface area contributed by atoms with Crippen LogP contribution < -0.4 is 15.5 Å². The van der Waals surface area contributed by atoms with Crippen LogP contribution in [0.1, 0.15) is 24.2 Å². The Morgan fingerprint density at radius 2 is 1.61 bits per heavy atom.